The Bertz CT molecular complexity index is 447. The van der Waals surface area contributed by atoms with Gasteiger partial charge < -0.3 is 0 Å². The summed E-state index contributed by atoms with van der Waals surface area (Å²) in [5.41, 5.74) is 0. The maximum Gasteiger partial charge on any atom is 0.253 e. The van der Waals surface area contributed by atoms with Gasteiger partial charge in [0, 0.05) is 21.4 Å². The van der Waals surface area contributed by atoms with Crippen LogP contribution < -0.4 is 0 Å². The van der Waals surface area contributed by atoms with Crippen LogP contribution >= 0.6 is 39.5 Å². The minimum absolute atomic E-state index is 0.315. The molecule has 0 amide bonds. The van der Waals surface area contributed by atoms with Crippen LogP contribution in [-0.4, -0.2) is 0 Å². The molecule has 0 N–H and O–H groups in total. The lowest BCUT2D eigenvalue weighted by atomic mass is 10.4. The van der Waals surface area contributed by atoms with Crippen LogP contribution in [0.3, 0.4) is 0 Å². The highest BCUT2D eigenvalue weighted by atomic mass is 35.7. The summed E-state index contributed by atoms with van der Waals surface area (Å²) >= 11 is 0. The molecule has 0 aliphatic carbocycles. The van der Waals surface area contributed by atoms with Gasteiger partial charge in [0.15, 0.2) is 0 Å². The standard InChI is InChI=1S/C6H4Cl2F8S2/c7-17(9,10,11,12)5-1-2-6(4-3-5)18(8,13,14,15)16/h1-4H. The van der Waals surface area contributed by atoms with Gasteiger partial charge in [-0.2, -0.15) is 0 Å². The molecule has 1 aromatic carbocycles. The molecule has 12 heteroatoms. The van der Waals surface area contributed by atoms with Gasteiger partial charge in [-0.1, -0.05) is 0 Å². The zero-order chi connectivity index (χ0) is 14.8. The van der Waals surface area contributed by atoms with Crippen molar-refractivity contribution >= 4 is 39.5 Å². The summed E-state index contributed by atoms with van der Waals surface area (Å²) in [6, 6.07) is -1.26. The fraction of sp³-hybridized carbons (Fsp3) is 0. The summed E-state index contributed by atoms with van der Waals surface area (Å²) in [5, 5.41) is 0. The number of halogens is 10. The van der Waals surface area contributed by atoms with Crippen molar-refractivity contribution in [2.24, 2.45) is 0 Å². The Labute approximate surface area is 105 Å². The summed E-state index contributed by atoms with van der Waals surface area (Å²) in [7, 11) is -10.5. The van der Waals surface area contributed by atoms with Crippen molar-refractivity contribution in [2.75, 3.05) is 0 Å². The van der Waals surface area contributed by atoms with E-state index in [1.54, 1.807) is 0 Å². The van der Waals surface area contributed by atoms with Crippen molar-refractivity contribution in [3.63, 3.8) is 0 Å². The molecule has 0 saturated heterocycles. The predicted molar refractivity (Wildman–Crippen MR) is 58.7 cm³/mol. The largest absolute Gasteiger partial charge is 0.253 e. The predicted octanol–water partition coefficient (Wildman–Crippen LogP) is 7.54. The van der Waals surface area contributed by atoms with Gasteiger partial charge in [-0.15, -0.1) is 31.1 Å². The van der Waals surface area contributed by atoms with Crippen molar-refractivity contribution in [3.05, 3.63) is 24.3 Å². The third kappa shape index (κ3) is 3.97. The Morgan fingerprint density at radius 3 is 0.833 bits per heavy atom. The fourth-order valence-electron chi connectivity index (χ4n) is 0.954. The van der Waals surface area contributed by atoms with Crippen LogP contribution in [0.5, 0.6) is 0 Å². The molecule has 18 heavy (non-hydrogen) atoms. The van der Waals surface area contributed by atoms with Crippen LogP contribution in [0.25, 0.3) is 0 Å². The van der Waals surface area contributed by atoms with Crippen molar-refractivity contribution in [3.8, 4) is 0 Å². The van der Waals surface area contributed by atoms with Crippen molar-refractivity contribution < 1.29 is 31.1 Å². The molecular formula is C6H4Cl2F8S2. The summed E-state index contributed by atoms with van der Waals surface area (Å²) < 4.78 is 101. The van der Waals surface area contributed by atoms with Gasteiger partial charge in [0.1, 0.15) is 0 Å². The molecule has 1 aromatic rings. The van der Waals surface area contributed by atoms with Gasteiger partial charge in [-0.25, -0.2) is 0 Å². The zero-order valence-electron chi connectivity index (χ0n) is 7.91. The second-order valence-electron chi connectivity index (χ2n) is 3.41. The van der Waals surface area contributed by atoms with E-state index in [4.69, 9.17) is 0 Å². The van der Waals surface area contributed by atoms with Crippen LogP contribution in [0, 0.1) is 0 Å². The Morgan fingerprint density at radius 2 is 0.722 bits per heavy atom. The van der Waals surface area contributed by atoms with Gasteiger partial charge in [-0.05, 0) is 24.3 Å². The second-order valence-corrected chi connectivity index (χ2v) is 12.0. The van der Waals surface area contributed by atoms with E-state index < -0.39 is 27.9 Å². The average Bonchev–Trinajstić information content (AvgIpc) is 1.96. The normalized spacial score (nSPS) is 21.4. The van der Waals surface area contributed by atoms with Crippen molar-refractivity contribution in [1.29, 1.82) is 0 Å². The first-order chi connectivity index (χ1) is 7.19. The number of hydrogen-bond acceptors (Lipinski definition) is 0. The van der Waals surface area contributed by atoms with E-state index in [0.29, 0.717) is 0 Å². The molecule has 0 nitrogen and oxygen atoms in total. The maximum absolute atomic E-state index is 12.6. The van der Waals surface area contributed by atoms with Crippen molar-refractivity contribution in [2.45, 2.75) is 9.79 Å². The first-order valence-electron chi connectivity index (χ1n) is 3.77. The highest BCUT2D eigenvalue weighted by molar-refractivity contribution is 8.66. The second kappa shape index (κ2) is 2.70. The van der Waals surface area contributed by atoms with E-state index in [1.807, 2.05) is 0 Å². The molecule has 0 radical (unpaired) electrons. The number of rotatable bonds is 2. The lowest BCUT2D eigenvalue weighted by Gasteiger charge is -2.45. The Hall–Kier alpha value is -0.0600. The van der Waals surface area contributed by atoms with Gasteiger partial charge in [0.25, 0.3) is 18.1 Å². The molecule has 0 fully saturated rings. The first kappa shape index (κ1) is 16.0. The topological polar surface area (TPSA) is 0 Å². The summed E-state index contributed by atoms with van der Waals surface area (Å²) in [6.07, 6.45) is 0. The highest BCUT2D eigenvalue weighted by Crippen LogP contribution is 3.06. The molecule has 0 saturated carbocycles. The molecule has 110 valence electrons. The maximum atomic E-state index is 12.6. The lowest BCUT2D eigenvalue weighted by Crippen LogP contribution is -2.07. The summed E-state index contributed by atoms with van der Waals surface area (Å²) in [5.74, 6) is 0. The van der Waals surface area contributed by atoms with Crippen LogP contribution in [0.15, 0.2) is 34.1 Å². The SMILES string of the molecule is FS(F)(F)(F)(Cl)c1ccc(S(F)(F)(F)(F)Cl)cc1. The Morgan fingerprint density at radius 1 is 0.556 bits per heavy atom. The average molecular weight is 363 g/mol. The molecule has 1 rings (SSSR count). The molecule has 0 atom stereocenters. The third-order valence-electron chi connectivity index (χ3n) is 1.71. The number of benzene rings is 1. The third-order valence-corrected chi connectivity index (χ3v) is 5.11. The minimum Gasteiger partial charge on any atom is -0.107 e. The van der Waals surface area contributed by atoms with E-state index in [1.165, 1.54) is 0 Å². The molecule has 0 aliphatic heterocycles. The van der Waals surface area contributed by atoms with Gasteiger partial charge in [0.2, 0.25) is 0 Å². The fourth-order valence-corrected chi connectivity index (χ4v) is 2.87. The van der Waals surface area contributed by atoms with E-state index >= 15 is 0 Å². The van der Waals surface area contributed by atoms with E-state index in [2.05, 4.69) is 21.4 Å². The lowest BCUT2D eigenvalue weighted by molar-refractivity contribution is 0.472. The van der Waals surface area contributed by atoms with E-state index in [9.17, 15) is 31.1 Å². The minimum atomic E-state index is -9.12. The van der Waals surface area contributed by atoms with Gasteiger partial charge >= 0.3 is 0 Å². The zero-order valence-corrected chi connectivity index (χ0v) is 11.1. The Kier molecular flexibility index (Phi) is 2.40. The molecule has 0 aromatic heterocycles. The Balaban J connectivity index is 3.45. The monoisotopic (exact) mass is 362 g/mol. The van der Waals surface area contributed by atoms with Crippen LogP contribution in [-0.2, 0) is 0 Å². The van der Waals surface area contributed by atoms with Crippen LogP contribution in [0.2, 0.25) is 0 Å². The molecule has 0 unspecified atom stereocenters. The van der Waals surface area contributed by atoms with Crippen LogP contribution in [0.1, 0.15) is 0 Å². The molecule has 0 aliphatic rings. The number of hydrogen-bond donors (Lipinski definition) is 0. The summed E-state index contributed by atoms with van der Waals surface area (Å²) in [6.45, 7) is 0. The highest BCUT2D eigenvalue weighted by Gasteiger charge is 2.65. The van der Waals surface area contributed by atoms with Gasteiger partial charge in [-0.3, -0.25) is 0 Å². The smallest absolute Gasteiger partial charge is 0.107 e. The van der Waals surface area contributed by atoms with Gasteiger partial charge in [0.05, 0.1) is 9.79 Å². The van der Waals surface area contributed by atoms with E-state index in [-0.39, 0.29) is 24.3 Å². The molecule has 0 bridgehead atoms. The van der Waals surface area contributed by atoms with Crippen LogP contribution in [0.4, 0.5) is 31.1 Å². The first-order valence-corrected chi connectivity index (χ1v) is 9.53. The summed E-state index contributed by atoms with van der Waals surface area (Å²) in [4.78, 5) is -4.25. The molecule has 0 heterocycles. The van der Waals surface area contributed by atoms with E-state index in [0.717, 1.165) is 0 Å². The molecule has 0 spiro atoms. The van der Waals surface area contributed by atoms with Crippen molar-refractivity contribution in [1.82, 2.24) is 0 Å². The molecular weight excluding hydrogens is 359 g/mol. The quantitative estimate of drug-likeness (QED) is 0.476.